The number of rotatable bonds is 2. The van der Waals surface area contributed by atoms with Crippen molar-refractivity contribution in [3.8, 4) is 0 Å². The van der Waals surface area contributed by atoms with E-state index in [9.17, 15) is 0 Å². The van der Waals surface area contributed by atoms with E-state index in [1.54, 1.807) is 6.20 Å². The van der Waals surface area contributed by atoms with E-state index in [1.165, 1.54) is 0 Å². The fraction of sp³-hybridized carbons (Fsp3) is 0.571. The summed E-state index contributed by atoms with van der Waals surface area (Å²) in [7, 11) is 0. The molecule has 0 aliphatic rings. The van der Waals surface area contributed by atoms with Gasteiger partial charge in [0.2, 0.25) is 0 Å². The lowest BCUT2D eigenvalue weighted by Gasteiger charge is -2.11. The van der Waals surface area contributed by atoms with Gasteiger partial charge in [-0.25, -0.2) is 4.98 Å². The van der Waals surface area contributed by atoms with Gasteiger partial charge in [0.1, 0.15) is 5.82 Å². The molecule has 1 rings (SSSR count). The minimum Gasteiger partial charge on any atom is -0.348 e. The summed E-state index contributed by atoms with van der Waals surface area (Å²) in [6.45, 7) is 4.04. The standard InChI is InChI=1S/C7H13N3/c1-5(6(2)8)7-9-3-4-10-7/h3-6H,8H2,1-2H3,(H,9,10). The van der Waals surface area contributed by atoms with E-state index in [0.29, 0.717) is 5.92 Å². The van der Waals surface area contributed by atoms with E-state index in [2.05, 4.69) is 16.9 Å². The average Bonchev–Trinajstić information content (AvgIpc) is 2.36. The highest BCUT2D eigenvalue weighted by Gasteiger charge is 2.11. The van der Waals surface area contributed by atoms with Crippen molar-refractivity contribution >= 4 is 0 Å². The molecule has 10 heavy (non-hydrogen) atoms. The molecular formula is C7H13N3. The number of imidazole rings is 1. The summed E-state index contributed by atoms with van der Waals surface area (Å²) in [5, 5.41) is 0. The van der Waals surface area contributed by atoms with Crippen LogP contribution in [-0.4, -0.2) is 16.0 Å². The third-order valence-electron chi connectivity index (χ3n) is 1.74. The summed E-state index contributed by atoms with van der Waals surface area (Å²) < 4.78 is 0. The van der Waals surface area contributed by atoms with Crippen LogP contribution in [0.2, 0.25) is 0 Å². The lowest BCUT2D eigenvalue weighted by molar-refractivity contribution is 0.587. The predicted molar refractivity (Wildman–Crippen MR) is 40.7 cm³/mol. The molecule has 0 aromatic carbocycles. The number of nitrogens with two attached hydrogens (primary N) is 1. The summed E-state index contributed by atoms with van der Waals surface area (Å²) in [4.78, 5) is 7.13. The van der Waals surface area contributed by atoms with Gasteiger partial charge < -0.3 is 10.7 Å². The number of H-pyrrole nitrogens is 1. The number of nitrogens with zero attached hydrogens (tertiary/aromatic N) is 1. The molecule has 0 amide bonds. The Morgan fingerprint density at radius 1 is 1.60 bits per heavy atom. The van der Waals surface area contributed by atoms with Crippen molar-refractivity contribution in [2.45, 2.75) is 25.8 Å². The van der Waals surface area contributed by atoms with E-state index >= 15 is 0 Å². The number of hydrogen-bond donors (Lipinski definition) is 2. The fourth-order valence-electron chi connectivity index (χ4n) is 0.776. The number of aromatic amines is 1. The smallest absolute Gasteiger partial charge is 0.110 e. The normalized spacial score (nSPS) is 16.7. The first-order chi connectivity index (χ1) is 4.72. The summed E-state index contributed by atoms with van der Waals surface area (Å²) in [5.74, 6) is 1.28. The van der Waals surface area contributed by atoms with Crippen molar-refractivity contribution in [1.29, 1.82) is 0 Å². The second-order valence-electron chi connectivity index (χ2n) is 2.62. The quantitative estimate of drug-likeness (QED) is 0.638. The predicted octanol–water partition coefficient (Wildman–Crippen LogP) is 0.860. The summed E-state index contributed by atoms with van der Waals surface area (Å²) in [5.41, 5.74) is 5.67. The molecule has 3 nitrogen and oxygen atoms in total. The molecule has 2 unspecified atom stereocenters. The van der Waals surface area contributed by atoms with E-state index in [1.807, 2.05) is 13.1 Å². The van der Waals surface area contributed by atoms with Gasteiger partial charge in [-0.05, 0) is 6.92 Å². The van der Waals surface area contributed by atoms with Crippen molar-refractivity contribution in [3.05, 3.63) is 18.2 Å². The van der Waals surface area contributed by atoms with Crippen LogP contribution in [0.5, 0.6) is 0 Å². The highest BCUT2D eigenvalue weighted by atomic mass is 14.9. The van der Waals surface area contributed by atoms with Gasteiger partial charge in [-0.2, -0.15) is 0 Å². The van der Waals surface area contributed by atoms with Crippen LogP contribution in [0.3, 0.4) is 0 Å². The molecule has 1 aromatic heterocycles. The Labute approximate surface area is 60.7 Å². The van der Waals surface area contributed by atoms with E-state index in [4.69, 9.17) is 5.73 Å². The largest absolute Gasteiger partial charge is 0.348 e. The van der Waals surface area contributed by atoms with Gasteiger partial charge in [-0.3, -0.25) is 0 Å². The summed E-state index contributed by atoms with van der Waals surface area (Å²) in [6.07, 6.45) is 3.56. The van der Waals surface area contributed by atoms with Crippen LogP contribution in [0.15, 0.2) is 12.4 Å². The maximum Gasteiger partial charge on any atom is 0.110 e. The summed E-state index contributed by atoms with van der Waals surface area (Å²) >= 11 is 0. The van der Waals surface area contributed by atoms with Crippen molar-refractivity contribution in [1.82, 2.24) is 9.97 Å². The molecule has 0 bridgehead atoms. The number of nitrogens with one attached hydrogen (secondary N) is 1. The van der Waals surface area contributed by atoms with Crippen molar-refractivity contribution in [2.75, 3.05) is 0 Å². The van der Waals surface area contributed by atoms with Gasteiger partial charge in [0.25, 0.3) is 0 Å². The van der Waals surface area contributed by atoms with Crippen LogP contribution in [0.4, 0.5) is 0 Å². The molecule has 1 aromatic rings. The van der Waals surface area contributed by atoms with E-state index in [-0.39, 0.29) is 6.04 Å². The lowest BCUT2D eigenvalue weighted by Crippen LogP contribution is -2.23. The maximum atomic E-state index is 5.67. The molecule has 2 atom stereocenters. The molecule has 0 spiro atoms. The van der Waals surface area contributed by atoms with E-state index < -0.39 is 0 Å². The molecule has 3 N–H and O–H groups in total. The van der Waals surface area contributed by atoms with Crippen LogP contribution >= 0.6 is 0 Å². The molecule has 56 valence electrons. The van der Waals surface area contributed by atoms with Gasteiger partial charge in [0, 0.05) is 24.4 Å². The molecule has 1 heterocycles. The molecule has 0 aliphatic carbocycles. The second-order valence-corrected chi connectivity index (χ2v) is 2.62. The topological polar surface area (TPSA) is 54.7 Å². The number of hydrogen-bond acceptors (Lipinski definition) is 2. The molecule has 0 saturated carbocycles. The third kappa shape index (κ3) is 1.36. The Morgan fingerprint density at radius 3 is 2.70 bits per heavy atom. The first-order valence-corrected chi connectivity index (χ1v) is 3.46. The minimum absolute atomic E-state index is 0.158. The van der Waals surface area contributed by atoms with Gasteiger partial charge in [0.15, 0.2) is 0 Å². The first-order valence-electron chi connectivity index (χ1n) is 3.46. The van der Waals surface area contributed by atoms with Gasteiger partial charge in [-0.1, -0.05) is 6.92 Å². The Balaban J connectivity index is 2.68. The third-order valence-corrected chi connectivity index (χ3v) is 1.74. The Kier molecular flexibility index (Phi) is 2.06. The van der Waals surface area contributed by atoms with Gasteiger partial charge >= 0.3 is 0 Å². The molecule has 0 radical (unpaired) electrons. The zero-order valence-corrected chi connectivity index (χ0v) is 6.33. The molecule has 0 fully saturated rings. The van der Waals surface area contributed by atoms with Crippen LogP contribution in [0.1, 0.15) is 25.6 Å². The highest BCUT2D eigenvalue weighted by molar-refractivity contribution is 4.97. The SMILES string of the molecule is CC(N)C(C)c1ncc[nH]1. The Morgan fingerprint density at radius 2 is 2.30 bits per heavy atom. The minimum atomic E-state index is 0.158. The monoisotopic (exact) mass is 139 g/mol. The highest BCUT2D eigenvalue weighted by Crippen LogP contribution is 2.11. The van der Waals surface area contributed by atoms with Crippen LogP contribution in [0, 0.1) is 0 Å². The zero-order chi connectivity index (χ0) is 7.56. The first kappa shape index (κ1) is 7.28. The average molecular weight is 139 g/mol. The van der Waals surface area contributed by atoms with E-state index in [0.717, 1.165) is 5.82 Å². The lowest BCUT2D eigenvalue weighted by atomic mass is 10.0. The molecular weight excluding hydrogens is 126 g/mol. The van der Waals surface area contributed by atoms with Crippen molar-refractivity contribution < 1.29 is 0 Å². The van der Waals surface area contributed by atoms with Crippen LogP contribution < -0.4 is 5.73 Å². The molecule has 3 heteroatoms. The summed E-state index contributed by atoms with van der Waals surface area (Å²) in [6, 6.07) is 0.158. The Bertz CT molecular complexity index is 179. The van der Waals surface area contributed by atoms with Crippen LogP contribution in [0.25, 0.3) is 0 Å². The number of aromatic nitrogens is 2. The fourth-order valence-corrected chi connectivity index (χ4v) is 0.776. The van der Waals surface area contributed by atoms with Crippen molar-refractivity contribution in [2.24, 2.45) is 5.73 Å². The molecule has 0 aliphatic heterocycles. The van der Waals surface area contributed by atoms with Crippen LogP contribution in [-0.2, 0) is 0 Å². The van der Waals surface area contributed by atoms with Gasteiger partial charge in [0.05, 0.1) is 0 Å². The van der Waals surface area contributed by atoms with Crippen molar-refractivity contribution in [3.63, 3.8) is 0 Å². The maximum absolute atomic E-state index is 5.67. The Hall–Kier alpha value is -0.830. The zero-order valence-electron chi connectivity index (χ0n) is 6.33. The second kappa shape index (κ2) is 2.84. The molecule has 0 saturated heterocycles. The van der Waals surface area contributed by atoms with Gasteiger partial charge in [-0.15, -0.1) is 0 Å².